The van der Waals surface area contributed by atoms with E-state index in [-0.39, 0.29) is 17.7 Å². The Morgan fingerprint density at radius 2 is 1.54 bits per heavy atom. The lowest BCUT2D eigenvalue weighted by molar-refractivity contribution is -0.116. The Hall–Kier alpha value is -3.35. The Balaban J connectivity index is 1.76. The van der Waals surface area contributed by atoms with Crippen molar-refractivity contribution in [1.29, 1.82) is 0 Å². The number of amides is 3. The molecule has 2 rings (SSSR count). The third-order valence-corrected chi connectivity index (χ3v) is 3.94. The normalized spacial score (nSPS) is 10.1. The average molecular weight is 383 g/mol. The molecular formula is C21H25N3O4. The first-order chi connectivity index (χ1) is 13.5. The summed E-state index contributed by atoms with van der Waals surface area (Å²) < 4.78 is 5.09. The zero-order valence-corrected chi connectivity index (χ0v) is 16.1. The highest BCUT2D eigenvalue weighted by Gasteiger charge is 2.08. The molecule has 0 aliphatic carbocycles. The van der Waals surface area contributed by atoms with Crippen LogP contribution in [0.25, 0.3) is 0 Å². The smallest absolute Gasteiger partial charge is 0.251 e. The van der Waals surface area contributed by atoms with Crippen LogP contribution < -0.4 is 20.7 Å². The molecule has 28 heavy (non-hydrogen) atoms. The quantitative estimate of drug-likeness (QED) is 0.580. The van der Waals surface area contributed by atoms with Gasteiger partial charge in [-0.05, 0) is 48.9 Å². The second kappa shape index (κ2) is 10.7. The molecule has 7 heteroatoms. The Kier molecular flexibility index (Phi) is 8.02. The molecule has 2 aromatic carbocycles. The van der Waals surface area contributed by atoms with E-state index in [0.717, 1.165) is 6.42 Å². The first kappa shape index (κ1) is 21.0. The van der Waals surface area contributed by atoms with Gasteiger partial charge in [0, 0.05) is 36.3 Å². The van der Waals surface area contributed by atoms with Crippen molar-refractivity contribution in [1.82, 2.24) is 10.6 Å². The zero-order chi connectivity index (χ0) is 20.4. The topological polar surface area (TPSA) is 96.5 Å². The van der Waals surface area contributed by atoms with E-state index in [4.69, 9.17) is 4.74 Å². The van der Waals surface area contributed by atoms with E-state index >= 15 is 0 Å². The van der Waals surface area contributed by atoms with Crippen LogP contribution in [-0.4, -0.2) is 37.9 Å². The molecule has 0 spiro atoms. The molecule has 0 heterocycles. The van der Waals surface area contributed by atoms with Gasteiger partial charge >= 0.3 is 0 Å². The summed E-state index contributed by atoms with van der Waals surface area (Å²) in [6.07, 6.45) is 1.24. The van der Waals surface area contributed by atoms with Gasteiger partial charge in [0.2, 0.25) is 5.91 Å². The molecule has 0 saturated heterocycles. The van der Waals surface area contributed by atoms with Crippen LogP contribution in [0.2, 0.25) is 0 Å². The standard InChI is InChI=1S/C21H25N3O4/c1-3-5-19(25)24-17-10-8-15(9-11-17)20(26)22-12-13-23-21(27)16-6-4-7-18(14-16)28-2/h4,6-11,14H,3,5,12-13H2,1-2H3,(H,22,26)(H,23,27)(H,24,25). The largest absolute Gasteiger partial charge is 0.497 e. The van der Waals surface area contributed by atoms with Gasteiger partial charge in [0.1, 0.15) is 5.75 Å². The summed E-state index contributed by atoms with van der Waals surface area (Å²) in [6.45, 7) is 2.53. The summed E-state index contributed by atoms with van der Waals surface area (Å²) in [4.78, 5) is 35.8. The molecule has 0 saturated carbocycles. The summed E-state index contributed by atoms with van der Waals surface area (Å²) in [6, 6.07) is 13.5. The summed E-state index contributed by atoms with van der Waals surface area (Å²) in [7, 11) is 1.54. The lowest BCUT2D eigenvalue weighted by Crippen LogP contribution is -2.34. The third-order valence-electron chi connectivity index (χ3n) is 3.94. The number of methoxy groups -OCH3 is 1. The third kappa shape index (κ3) is 6.42. The molecule has 0 aliphatic rings. The van der Waals surface area contributed by atoms with Gasteiger partial charge in [-0.2, -0.15) is 0 Å². The van der Waals surface area contributed by atoms with Crippen molar-refractivity contribution in [2.75, 3.05) is 25.5 Å². The van der Waals surface area contributed by atoms with Crippen LogP contribution in [-0.2, 0) is 4.79 Å². The van der Waals surface area contributed by atoms with E-state index in [1.165, 1.54) is 7.11 Å². The average Bonchev–Trinajstić information content (AvgIpc) is 2.71. The molecule has 0 unspecified atom stereocenters. The van der Waals surface area contributed by atoms with Crippen LogP contribution in [0.1, 0.15) is 40.5 Å². The number of ether oxygens (including phenoxy) is 1. The molecule has 148 valence electrons. The Morgan fingerprint density at radius 3 is 2.14 bits per heavy atom. The van der Waals surface area contributed by atoms with Crippen LogP contribution in [0.4, 0.5) is 5.69 Å². The summed E-state index contributed by atoms with van der Waals surface area (Å²) in [5.74, 6) is 0.0733. The lowest BCUT2D eigenvalue weighted by atomic mass is 10.2. The van der Waals surface area contributed by atoms with Gasteiger partial charge in [-0.1, -0.05) is 13.0 Å². The minimum absolute atomic E-state index is 0.0496. The SMILES string of the molecule is CCCC(=O)Nc1ccc(C(=O)NCCNC(=O)c2cccc(OC)c2)cc1. The van der Waals surface area contributed by atoms with E-state index in [1.807, 2.05) is 6.92 Å². The fourth-order valence-electron chi connectivity index (χ4n) is 2.48. The maximum atomic E-state index is 12.2. The van der Waals surface area contributed by atoms with Crippen LogP contribution >= 0.6 is 0 Å². The van der Waals surface area contributed by atoms with Crippen LogP contribution in [0, 0.1) is 0 Å². The summed E-state index contributed by atoms with van der Waals surface area (Å²) in [5, 5.41) is 8.26. The van der Waals surface area contributed by atoms with E-state index in [0.29, 0.717) is 42.1 Å². The van der Waals surface area contributed by atoms with Crippen LogP contribution in [0.3, 0.4) is 0 Å². The molecule has 0 aromatic heterocycles. The fraction of sp³-hybridized carbons (Fsp3) is 0.286. The Morgan fingerprint density at radius 1 is 0.893 bits per heavy atom. The van der Waals surface area contributed by atoms with Crippen molar-refractivity contribution in [2.24, 2.45) is 0 Å². The molecule has 3 amide bonds. The van der Waals surface area contributed by atoms with Crippen molar-refractivity contribution in [2.45, 2.75) is 19.8 Å². The fourth-order valence-corrected chi connectivity index (χ4v) is 2.48. The summed E-state index contributed by atoms with van der Waals surface area (Å²) >= 11 is 0. The molecular weight excluding hydrogens is 358 g/mol. The lowest BCUT2D eigenvalue weighted by Gasteiger charge is -2.09. The van der Waals surface area contributed by atoms with E-state index in [1.54, 1.807) is 48.5 Å². The predicted octanol–water partition coefficient (Wildman–Crippen LogP) is 2.59. The van der Waals surface area contributed by atoms with E-state index in [2.05, 4.69) is 16.0 Å². The second-order valence-electron chi connectivity index (χ2n) is 6.12. The molecule has 7 nitrogen and oxygen atoms in total. The molecule has 3 N–H and O–H groups in total. The van der Waals surface area contributed by atoms with Gasteiger partial charge in [-0.3, -0.25) is 14.4 Å². The molecule has 0 radical (unpaired) electrons. The number of hydrogen-bond acceptors (Lipinski definition) is 4. The number of rotatable bonds is 9. The number of nitrogens with one attached hydrogen (secondary N) is 3. The molecule has 0 bridgehead atoms. The zero-order valence-electron chi connectivity index (χ0n) is 16.1. The molecule has 0 aliphatic heterocycles. The predicted molar refractivity (Wildman–Crippen MR) is 108 cm³/mol. The first-order valence-corrected chi connectivity index (χ1v) is 9.14. The number of anilines is 1. The van der Waals surface area contributed by atoms with Crippen LogP contribution in [0.15, 0.2) is 48.5 Å². The van der Waals surface area contributed by atoms with Crippen molar-refractivity contribution < 1.29 is 19.1 Å². The van der Waals surface area contributed by atoms with Gasteiger partial charge < -0.3 is 20.7 Å². The van der Waals surface area contributed by atoms with E-state index in [9.17, 15) is 14.4 Å². The minimum atomic E-state index is -0.248. The molecule has 0 fully saturated rings. The number of carbonyl (C=O) groups excluding carboxylic acids is 3. The second-order valence-corrected chi connectivity index (χ2v) is 6.12. The number of benzene rings is 2. The van der Waals surface area contributed by atoms with Gasteiger partial charge in [-0.15, -0.1) is 0 Å². The van der Waals surface area contributed by atoms with Crippen LogP contribution in [0.5, 0.6) is 5.75 Å². The van der Waals surface area contributed by atoms with Crippen molar-refractivity contribution >= 4 is 23.4 Å². The highest BCUT2D eigenvalue weighted by molar-refractivity contribution is 5.96. The van der Waals surface area contributed by atoms with Gasteiger partial charge in [0.05, 0.1) is 7.11 Å². The van der Waals surface area contributed by atoms with Gasteiger partial charge in [0.25, 0.3) is 11.8 Å². The highest BCUT2D eigenvalue weighted by atomic mass is 16.5. The summed E-state index contributed by atoms with van der Waals surface area (Å²) in [5.41, 5.74) is 1.62. The minimum Gasteiger partial charge on any atom is -0.497 e. The molecule has 0 atom stereocenters. The number of carbonyl (C=O) groups is 3. The monoisotopic (exact) mass is 383 g/mol. The van der Waals surface area contributed by atoms with Crippen molar-refractivity contribution in [3.05, 3.63) is 59.7 Å². The van der Waals surface area contributed by atoms with Crippen molar-refractivity contribution in [3.63, 3.8) is 0 Å². The maximum absolute atomic E-state index is 12.2. The Labute approximate surface area is 164 Å². The number of hydrogen-bond donors (Lipinski definition) is 3. The van der Waals surface area contributed by atoms with E-state index < -0.39 is 0 Å². The molecule has 2 aromatic rings. The Bertz CT molecular complexity index is 819. The highest BCUT2D eigenvalue weighted by Crippen LogP contribution is 2.12. The maximum Gasteiger partial charge on any atom is 0.251 e. The van der Waals surface area contributed by atoms with Gasteiger partial charge in [-0.25, -0.2) is 0 Å². The van der Waals surface area contributed by atoms with Gasteiger partial charge in [0.15, 0.2) is 0 Å². The first-order valence-electron chi connectivity index (χ1n) is 9.14. The van der Waals surface area contributed by atoms with Crippen molar-refractivity contribution in [3.8, 4) is 5.75 Å².